The van der Waals surface area contributed by atoms with E-state index in [1.807, 2.05) is 24.3 Å². The maximum Gasteiger partial charge on any atom is 0.129 e. The summed E-state index contributed by atoms with van der Waals surface area (Å²) in [5.41, 5.74) is 12.7. The summed E-state index contributed by atoms with van der Waals surface area (Å²) in [6.45, 7) is 26.5. The van der Waals surface area contributed by atoms with Crippen molar-refractivity contribution in [1.29, 1.82) is 0 Å². The van der Waals surface area contributed by atoms with Crippen molar-refractivity contribution in [3.05, 3.63) is 83.9 Å². The van der Waals surface area contributed by atoms with Gasteiger partial charge >= 0.3 is 0 Å². The molecule has 0 aliphatic carbocycles. The van der Waals surface area contributed by atoms with Gasteiger partial charge in [-0.1, -0.05) is 53.7 Å². The predicted molar refractivity (Wildman–Crippen MR) is 239 cm³/mol. The van der Waals surface area contributed by atoms with Crippen LogP contribution in [0, 0.1) is 11.8 Å². The summed E-state index contributed by atoms with van der Waals surface area (Å²) >= 11 is 0. The van der Waals surface area contributed by atoms with Gasteiger partial charge in [0.15, 0.2) is 0 Å². The van der Waals surface area contributed by atoms with Crippen molar-refractivity contribution in [1.82, 2.24) is 19.8 Å². The lowest BCUT2D eigenvalue weighted by atomic mass is 9.92. The van der Waals surface area contributed by atoms with Crippen LogP contribution >= 0.6 is 0 Å². The molecule has 4 unspecified atom stereocenters. The van der Waals surface area contributed by atoms with E-state index < -0.39 is 0 Å². The number of nitrogens with two attached hydrogens (primary N) is 1. The Labute approximate surface area is 344 Å². The highest BCUT2D eigenvalue weighted by molar-refractivity contribution is 5.68. The summed E-state index contributed by atoms with van der Waals surface area (Å²) in [7, 11) is 0. The van der Waals surface area contributed by atoms with Gasteiger partial charge in [-0.3, -0.25) is 9.80 Å². The predicted octanol–water partition coefficient (Wildman–Crippen LogP) is 10.5. The Bertz CT molecular complexity index is 1850. The first-order valence-corrected chi connectivity index (χ1v) is 21.9. The number of likely N-dealkylation sites (tertiary alicyclic amines) is 2. The SMILES string of the molecule is CC(C)c1cc(OCCN2CCCC2)ccc1-c1cccc(N2C(C)CCC2C)n1.CC1CC(C)CN(CCOc2ccc(-c3cccc(N)n3)c(C(C)C)c2)C1. The fraction of sp³-hybridized carbons (Fsp3) is 0.551. The Balaban J connectivity index is 0.000000194. The van der Waals surface area contributed by atoms with E-state index in [1.165, 1.54) is 75.0 Å². The zero-order valence-corrected chi connectivity index (χ0v) is 36.2. The van der Waals surface area contributed by atoms with E-state index in [1.54, 1.807) is 0 Å². The van der Waals surface area contributed by atoms with Crippen LogP contribution in [0.5, 0.6) is 11.5 Å². The molecule has 5 heterocycles. The van der Waals surface area contributed by atoms with Crippen molar-refractivity contribution in [2.75, 3.05) is 63.1 Å². The van der Waals surface area contributed by atoms with Gasteiger partial charge in [0.25, 0.3) is 0 Å². The highest BCUT2D eigenvalue weighted by Crippen LogP contribution is 2.35. The molecule has 308 valence electrons. The third kappa shape index (κ3) is 11.5. The van der Waals surface area contributed by atoms with Gasteiger partial charge in [0.05, 0.1) is 11.4 Å². The molecule has 0 saturated carbocycles. The second-order valence-electron chi connectivity index (χ2n) is 17.8. The monoisotopic (exact) mass is 775 g/mol. The molecule has 2 aromatic heterocycles. The fourth-order valence-electron chi connectivity index (χ4n) is 9.21. The van der Waals surface area contributed by atoms with Crippen LogP contribution in [-0.2, 0) is 0 Å². The number of nitrogens with zero attached hydrogens (tertiary/aromatic N) is 5. The summed E-state index contributed by atoms with van der Waals surface area (Å²) in [4.78, 5) is 17.1. The Morgan fingerprint density at radius 2 is 1.16 bits per heavy atom. The van der Waals surface area contributed by atoms with Gasteiger partial charge < -0.3 is 20.1 Å². The van der Waals surface area contributed by atoms with E-state index in [4.69, 9.17) is 20.2 Å². The third-order valence-corrected chi connectivity index (χ3v) is 12.1. The highest BCUT2D eigenvalue weighted by atomic mass is 16.5. The summed E-state index contributed by atoms with van der Waals surface area (Å²) in [5.74, 6) is 5.92. The molecule has 57 heavy (non-hydrogen) atoms. The first kappa shape index (κ1) is 42.5. The summed E-state index contributed by atoms with van der Waals surface area (Å²) in [6, 6.07) is 26.2. The number of ether oxygens (including phenoxy) is 2. The van der Waals surface area contributed by atoms with Gasteiger partial charge in [-0.05, 0) is 155 Å². The molecule has 7 rings (SSSR count). The molecular formula is C49H70N6O2. The van der Waals surface area contributed by atoms with Gasteiger partial charge in [0, 0.05) is 49.4 Å². The quantitative estimate of drug-likeness (QED) is 0.144. The van der Waals surface area contributed by atoms with Crippen LogP contribution in [0.1, 0.15) is 110 Å². The van der Waals surface area contributed by atoms with Crippen molar-refractivity contribution < 1.29 is 9.47 Å². The van der Waals surface area contributed by atoms with Crippen LogP contribution in [0.25, 0.3) is 22.5 Å². The van der Waals surface area contributed by atoms with Crippen molar-refractivity contribution >= 4 is 11.6 Å². The summed E-state index contributed by atoms with van der Waals surface area (Å²) < 4.78 is 12.2. The van der Waals surface area contributed by atoms with Crippen molar-refractivity contribution in [3.63, 3.8) is 0 Å². The van der Waals surface area contributed by atoms with E-state index in [0.29, 0.717) is 29.7 Å². The zero-order valence-electron chi connectivity index (χ0n) is 36.2. The van der Waals surface area contributed by atoms with E-state index in [-0.39, 0.29) is 0 Å². The van der Waals surface area contributed by atoms with E-state index in [0.717, 1.165) is 72.4 Å². The first-order chi connectivity index (χ1) is 27.4. The van der Waals surface area contributed by atoms with Crippen LogP contribution in [0.4, 0.5) is 11.6 Å². The zero-order chi connectivity index (χ0) is 40.5. The van der Waals surface area contributed by atoms with Gasteiger partial charge in [0.2, 0.25) is 0 Å². The van der Waals surface area contributed by atoms with Crippen molar-refractivity contribution in [3.8, 4) is 34.0 Å². The Morgan fingerprint density at radius 1 is 0.649 bits per heavy atom. The number of nitrogen functional groups attached to an aromatic ring is 1. The molecule has 3 saturated heterocycles. The van der Waals surface area contributed by atoms with Gasteiger partial charge in [-0.15, -0.1) is 0 Å². The number of hydrogen-bond acceptors (Lipinski definition) is 8. The fourth-order valence-corrected chi connectivity index (χ4v) is 9.21. The van der Waals surface area contributed by atoms with E-state index in [9.17, 15) is 0 Å². The maximum atomic E-state index is 6.11. The number of anilines is 2. The number of piperidine rings is 1. The lowest BCUT2D eigenvalue weighted by molar-refractivity contribution is 0.120. The third-order valence-electron chi connectivity index (χ3n) is 12.1. The van der Waals surface area contributed by atoms with Crippen LogP contribution in [0.2, 0.25) is 0 Å². The smallest absolute Gasteiger partial charge is 0.129 e. The normalized spacial score (nSPS) is 21.5. The largest absolute Gasteiger partial charge is 0.492 e. The Kier molecular flexibility index (Phi) is 14.9. The number of hydrogen-bond donors (Lipinski definition) is 1. The molecule has 4 atom stereocenters. The van der Waals surface area contributed by atoms with Crippen LogP contribution in [0.15, 0.2) is 72.8 Å². The van der Waals surface area contributed by atoms with E-state index >= 15 is 0 Å². The molecule has 3 aliphatic rings. The molecule has 3 fully saturated rings. The van der Waals surface area contributed by atoms with Crippen molar-refractivity contribution in [2.24, 2.45) is 11.8 Å². The molecule has 8 nitrogen and oxygen atoms in total. The minimum atomic E-state index is 0.385. The van der Waals surface area contributed by atoms with Crippen LogP contribution in [-0.4, -0.2) is 84.3 Å². The molecule has 2 aromatic carbocycles. The number of rotatable bonds is 13. The number of pyridine rings is 2. The molecule has 2 N–H and O–H groups in total. The Morgan fingerprint density at radius 3 is 1.68 bits per heavy atom. The molecule has 0 spiro atoms. The lowest BCUT2D eigenvalue weighted by Gasteiger charge is -2.34. The lowest BCUT2D eigenvalue weighted by Crippen LogP contribution is -2.40. The molecule has 0 radical (unpaired) electrons. The average Bonchev–Trinajstić information content (AvgIpc) is 3.83. The second kappa shape index (κ2) is 20.0. The van der Waals surface area contributed by atoms with Crippen molar-refractivity contribution in [2.45, 2.75) is 111 Å². The standard InChI is InChI=1S/C26H37N3O.C23H33N3O/c1-19(2)24-18-22(30-17-16-28-14-5-6-15-28)12-13-23(24)25-8-7-9-26(27-25)29-20(3)10-11-21(29)4;1-16(2)21-13-19(8-9-20(21)22-6-5-7-23(24)25-22)27-11-10-26-14-17(3)12-18(4)15-26/h7-9,12-13,18-21H,5-6,10-11,14-17H2,1-4H3;5-9,13,16-18H,10-12,14-15H2,1-4H3,(H2,24,25). The van der Waals surface area contributed by atoms with Crippen LogP contribution < -0.4 is 20.1 Å². The molecule has 4 aromatic rings. The number of aromatic nitrogens is 2. The molecular weight excluding hydrogens is 705 g/mol. The molecule has 8 heteroatoms. The van der Waals surface area contributed by atoms with Gasteiger partial charge in [-0.25, -0.2) is 9.97 Å². The second-order valence-corrected chi connectivity index (χ2v) is 17.8. The Hall–Kier alpha value is -4.14. The van der Waals surface area contributed by atoms with Gasteiger partial charge in [-0.2, -0.15) is 0 Å². The molecule has 0 bridgehead atoms. The molecule has 3 aliphatic heterocycles. The minimum absolute atomic E-state index is 0.385. The summed E-state index contributed by atoms with van der Waals surface area (Å²) in [6.07, 6.45) is 6.48. The average molecular weight is 775 g/mol. The summed E-state index contributed by atoms with van der Waals surface area (Å²) in [5, 5.41) is 0. The minimum Gasteiger partial charge on any atom is -0.492 e. The van der Waals surface area contributed by atoms with E-state index in [2.05, 4.69) is 124 Å². The molecule has 0 amide bonds. The topological polar surface area (TPSA) is 80.0 Å². The van der Waals surface area contributed by atoms with Gasteiger partial charge in [0.1, 0.15) is 36.3 Å². The highest BCUT2D eigenvalue weighted by Gasteiger charge is 2.28. The van der Waals surface area contributed by atoms with Crippen LogP contribution in [0.3, 0.4) is 0 Å². The first-order valence-electron chi connectivity index (χ1n) is 21.9. The number of benzene rings is 2. The maximum absolute atomic E-state index is 6.11.